The van der Waals surface area contributed by atoms with Crippen LogP contribution in [-0.2, 0) is 20.9 Å². The van der Waals surface area contributed by atoms with E-state index in [9.17, 15) is 14.9 Å². The van der Waals surface area contributed by atoms with Gasteiger partial charge in [-0.25, -0.2) is 4.79 Å². The maximum Gasteiger partial charge on any atom is 0.333 e. The molecule has 0 spiro atoms. The van der Waals surface area contributed by atoms with Crippen LogP contribution < -0.4 is 0 Å². The van der Waals surface area contributed by atoms with Gasteiger partial charge < -0.3 is 9.64 Å². The highest BCUT2D eigenvalue weighted by Crippen LogP contribution is 2.53. The fourth-order valence-electron chi connectivity index (χ4n) is 4.61. The molecular weight excluding hydrogens is 316 g/mol. The smallest absolute Gasteiger partial charge is 0.333 e. The lowest BCUT2D eigenvalue weighted by atomic mass is 9.61. The van der Waals surface area contributed by atoms with E-state index in [1.165, 1.54) is 7.11 Å². The lowest BCUT2D eigenvalue weighted by Gasteiger charge is -2.48. The summed E-state index contributed by atoms with van der Waals surface area (Å²) in [6.45, 7) is 0.332. The Labute approximate surface area is 148 Å². The van der Waals surface area contributed by atoms with Crippen LogP contribution in [-0.4, -0.2) is 29.4 Å². The zero-order valence-electron chi connectivity index (χ0n) is 14.7. The Balaban J connectivity index is 2.08. The summed E-state index contributed by atoms with van der Waals surface area (Å²) >= 11 is 0. The predicted molar refractivity (Wildman–Crippen MR) is 92.1 cm³/mol. The summed E-state index contributed by atoms with van der Waals surface area (Å²) in [6, 6.07) is 12.1. The molecule has 5 nitrogen and oxygen atoms in total. The molecule has 3 rings (SSSR count). The molecule has 1 atom stereocenters. The second kappa shape index (κ2) is 6.87. The normalized spacial score (nSPS) is 25.4. The number of amides is 1. The molecule has 2 aliphatic rings. The Kier molecular flexibility index (Phi) is 4.80. The van der Waals surface area contributed by atoms with E-state index >= 15 is 0 Å². The van der Waals surface area contributed by atoms with Crippen LogP contribution in [0, 0.1) is 16.7 Å². The van der Waals surface area contributed by atoms with Crippen molar-refractivity contribution in [1.29, 1.82) is 5.26 Å². The van der Waals surface area contributed by atoms with Crippen LogP contribution in [0.25, 0.3) is 0 Å². The van der Waals surface area contributed by atoms with Crippen molar-refractivity contribution in [2.45, 2.75) is 57.0 Å². The Morgan fingerprint density at radius 2 is 1.88 bits per heavy atom. The fraction of sp³-hybridized carbons (Fsp3) is 0.550. The predicted octanol–water partition coefficient (Wildman–Crippen LogP) is 3.19. The monoisotopic (exact) mass is 340 g/mol. The van der Waals surface area contributed by atoms with Crippen molar-refractivity contribution >= 4 is 11.9 Å². The number of hydrogen-bond donors (Lipinski definition) is 0. The van der Waals surface area contributed by atoms with E-state index in [1.54, 1.807) is 4.90 Å². The average Bonchev–Trinajstić information content (AvgIpc) is 3.00. The minimum Gasteiger partial charge on any atom is -0.467 e. The highest BCUT2D eigenvalue weighted by Gasteiger charge is 2.65. The molecule has 0 bridgehead atoms. The second-order valence-corrected chi connectivity index (χ2v) is 7.07. The maximum absolute atomic E-state index is 13.0. The highest BCUT2D eigenvalue weighted by atomic mass is 16.5. The molecule has 1 aliphatic heterocycles. The van der Waals surface area contributed by atoms with E-state index in [4.69, 9.17) is 4.74 Å². The van der Waals surface area contributed by atoms with Crippen LogP contribution >= 0.6 is 0 Å². The molecule has 1 heterocycles. The number of benzene rings is 1. The van der Waals surface area contributed by atoms with Gasteiger partial charge in [0.1, 0.15) is 0 Å². The van der Waals surface area contributed by atoms with Gasteiger partial charge in [0.2, 0.25) is 5.91 Å². The fourth-order valence-corrected chi connectivity index (χ4v) is 4.61. The zero-order chi connectivity index (χ0) is 17.9. The third-order valence-electron chi connectivity index (χ3n) is 5.88. The number of carbonyl (C=O) groups is 2. The minimum atomic E-state index is -1.18. The van der Waals surface area contributed by atoms with Gasteiger partial charge in [0.15, 0.2) is 5.54 Å². The van der Waals surface area contributed by atoms with Gasteiger partial charge in [0.05, 0.1) is 18.6 Å². The van der Waals surface area contributed by atoms with Crippen LogP contribution in [0.5, 0.6) is 0 Å². The highest BCUT2D eigenvalue weighted by molar-refractivity contribution is 5.93. The topological polar surface area (TPSA) is 70.4 Å². The van der Waals surface area contributed by atoms with Crippen LogP contribution in [0.3, 0.4) is 0 Å². The number of methoxy groups -OCH3 is 1. The van der Waals surface area contributed by atoms with Crippen molar-refractivity contribution < 1.29 is 14.3 Å². The summed E-state index contributed by atoms with van der Waals surface area (Å²) in [7, 11) is 1.35. The molecule has 5 heteroatoms. The number of esters is 1. The average molecular weight is 340 g/mol. The van der Waals surface area contributed by atoms with Crippen molar-refractivity contribution in [1.82, 2.24) is 4.90 Å². The number of nitriles is 1. The summed E-state index contributed by atoms with van der Waals surface area (Å²) in [4.78, 5) is 27.3. The minimum absolute atomic E-state index is 0.0746. The van der Waals surface area contributed by atoms with Crippen molar-refractivity contribution in [2.75, 3.05) is 7.11 Å². The molecule has 1 aromatic carbocycles. The van der Waals surface area contributed by atoms with Crippen LogP contribution in [0.2, 0.25) is 0 Å². The number of nitrogens with zero attached hydrogens (tertiary/aromatic N) is 2. The SMILES string of the molecule is COC(=O)C1(C2(C#N)CCCCC2)CCC(=O)N1Cc1ccccc1. The first-order valence-corrected chi connectivity index (χ1v) is 8.94. The molecule has 1 unspecified atom stereocenters. The van der Waals surface area contributed by atoms with Crippen molar-refractivity contribution in [3.8, 4) is 6.07 Å². The lowest BCUT2D eigenvalue weighted by Crippen LogP contribution is -2.63. The van der Waals surface area contributed by atoms with Gasteiger partial charge in [-0.1, -0.05) is 49.6 Å². The van der Waals surface area contributed by atoms with Gasteiger partial charge in [-0.15, -0.1) is 0 Å². The molecule has 1 amide bonds. The first-order chi connectivity index (χ1) is 12.1. The Morgan fingerprint density at radius 1 is 1.20 bits per heavy atom. The van der Waals surface area contributed by atoms with E-state index in [-0.39, 0.29) is 12.3 Å². The van der Waals surface area contributed by atoms with E-state index < -0.39 is 16.9 Å². The lowest BCUT2D eigenvalue weighted by molar-refractivity contribution is -0.167. The first-order valence-electron chi connectivity index (χ1n) is 8.94. The molecule has 1 saturated carbocycles. The van der Waals surface area contributed by atoms with Gasteiger partial charge in [-0.3, -0.25) is 4.79 Å². The standard InChI is InChI=1S/C20H24N2O3/c1-25-18(24)20(19(15-21)11-6-3-7-12-19)13-10-17(23)22(20)14-16-8-4-2-5-9-16/h2,4-5,8-9H,3,6-7,10-14H2,1H3. The zero-order valence-corrected chi connectivity index (χ0v) is 14.7. The number of hydrogen-bond acceptors (Lipinski definition) is 4. The molecule has 132 valence electrons. The van der Waals surface area contributed by atoms with Gasteiger partial charge in [-0.05, 0) is 24.8 Å². The van der Waals surface area contributed by atoms with Crippen molar-refractivity contribution in [2.24, 2.45) is 5.41 Å². The second-order valence-electron chi connectivity index (χ2n) is 7.07. The van der Waals surface area contributed by atoms with Crippen LogP contribution in [0.1, 0.15) is 50.5 Å². The molecule has 0 N–H and O–H groups in total. The molecule has 1 aromatic rings. The summed E-state index contributed by atoms with van der Waals surface area (Å²) in [5.41, 5.74) is -1.08. The van der Waals surface area contributed by atoms with E-state index in [0.717, 1.165) is 24.8 Å². The third kappa shape index (κ3) is 2.70. The van der Waals surface area contributed by atoms with Crippen LogP contribution in [0.4, 0.5) is 0 Å². The molecule has 1 saturated heterocycles. The number of carbonyl (C=O) groups excluding carboxylic acids is 2. The molecule has 2 fully saturated rings. The molecule has 1 aliphatic carbocycles. The molecule has 0 aromatic heterocycles. The van der Waals surface area contributed by atoms with Crippen molar-refractivity contribution in [3.05, 3.63) is 35.9 Å². The van der Waals surface area contributed by atoms with Gasteiger partial charge in [0, 0.05) is 13.0 Å². The summed E-state index contributed by atoms with van der Waals surface area (Å²) < 4.78 is 5.15. The Bertz CT molecular complexity index is 689. The molecular formula is C20H24N2O3. The number of rotatable bonds is 4. The Morgan fingerprint density at radius 3 is 2.48 bits per heavy atom. The summed E-state index contributed by atoms with van der Waals surface area (Å²) in [5, 5.41) is 10.1. The first kappa shape index (κ1) is 17.5. The summed E-state index contributed by atoms with van der Waals surface area (Å²) in [6.07, 6.45) is 4.78. The van der Waals surface area contributed by atoms with Crippen LogP contribution in [0.15, 0.2) is 30.3 Å². The molecule has 0 radical (unpaired) electrons. The third-order valence-corrected chi connectivity index (χ3v) is 5.88. The van der Waals surface area contributed by atoms with E-state index in [2.05, 4.69) is 6.07 Å². The van der Waals surface area contributed by atoms with Gasteiger partial charge in [-0.2, -0.15) is 5.26 Å². The quantitative estimate of drug-likeness (QED) is 0.789. The number of ether oxygens (including phenoxy) is 1. The van der Waals surface area contributed by atoms with Gasteiger partial charge in [0.25, 0.3) is 0 Å². The molecule has 25 heavy (non-hydrogen) atoms. The van der Waals surface area contributed by atoms with Crippen molar-refractivity contribution in [3.63, 3.8) is 0 Å². The van der Waals surface area contributed by atoms with E-state index in [1.807, 2.05) is 30.3 Å². The largest absolute Gasteiger partial charge is 0.467 e. The van der Waals surface area contributed by atoms with Gasteiger partial charge >= 0.3 is 5.97 Å². The van der Waals surface area contributed by atoms with E-state index in [0.29, 0.717) is 25.8 Å². The summed E-state index contributed by atoms with van der Waals surface area (Å²) in [5.74, 6) is -0.521. The Hall–Kier alpha value is -2.35. The maximum atomic E-state index is 13.0. The number of likely N-dealkylation sites (tertiary alicyclic amines) is 1.